The molecule has 0 radical (unpaired) electrons. The summed E-state index contributed by atoms with van der Waals surface area (Å²) in [6.07, 6.45) is 0. The number of aromatic nitrogens is 2. The molecule has 0 aliphatic heterocycles. The Morgan fingerprint density at radius 2 is 1.38 bits per heavy atom. The molecule has 3 aromatic carbocycles. The Bertz CT molecular complexity index is 924. The zero-order valence-corrected chi connectivity index (χ0v) is 13.2. The SMILES string of the molecule is COc1ccc(Oc2ccc(-c3nc4ccccc4[nH]3)cc2)cc1. The number of hydrogen-bond donors (Lipinski definition) is 1. The number of ether oxygens (including phenoxy) is 2. The van der Waals surface area contributed by atoms with Crippen molar-refractivity contribution in [3.63, 3.8) is 0 Å². The highest BCUT2D eigenvalue weighted by molar-refractivity contribution is 5.79. The minimum absolute atomic E-state index is 0.771. The molecule has 1 aromatic heterocycles. The zero-order chi connectivity index (χ0) is 16.4. The van der Waals surface area contributed by atoms with Gasteiger partial charge in [-0.1, -0.05) is 12.1 Å². The summed E-state index contributed by atoms with van der Waals surface area (Å²) in [6, 6.07) is 23.4. The third-order valence-electron chi connectivity index (χ3n) is 3.81. The first-order valence-electron chi connectivity index (χ1n) is 7.69. The van der Waals surface area contributed by atoms with Crippen LogP contribution in [0, 0.1) is 0 Å². The van der Waals surface area contributed by atoms with Gasteiger partial charge < -0.3 is 14.5 Å². The minimum Gasteiger partial charge on any atom is -0.497 e. The molecule has 0 aliphatic rings. The van der Waals surface area contributed by atoms with Gasteiger partial charge in [0.25, 0.3) is 0 Å². The fourth-order valence-electron chi connectivity index (χ4n) is 2.55. The van der Waals surface area contributed by atoms with E-state index in [9.17, 15) is 0 Å². The number of rotatable bonds is 4. The second kappa shape index (κ2) is 6.08. The maximum atomic E-state index is 5.84. The third kappa shape index (κ3) is 2.82. The van der Waals surface area contributed by atoms with Crippen molar-refractivity contribution in [1.29, 1.82) is 0 Å². The van der Waals surface area contributed by atoms with Crippen LogP contribution in [0.2, 0.25) is 0 Å². The molecule has 0 aliphatic carbocycles. The van der Waals surface area contributed by atoms with Crippen LogP contribution in [0.4, 0.5) is 0 Å². The van der Waals surface area contributed by atoms with Crippen LogP contribution in [0.5, 0.6) is 17.2 Å². The molecule has 0 spiro atoms. The summed E-state index contributed by atoms with van der Waals surface area (Å²) in [7, 11) is 1.65. The molecular formula is C20H16N2O2. The van der Waals surface area contributed by atoms with Crippen molar-refractivity contribution in [2.45, 2.75) is 0 Å². The van der Waals surface area contributed by atoms with Crippen LogP contribution < -0.4 is 9.47 Å². The van der Waals surface area contributed by atoms with Crippen LogP contribution in [0.1, 0.15) is 0 Å². The first-order valence-corrected chi connectivity index (χ1v) is 7.69. The van der Waals surface area contributed by atoms with E-state index in [-0.39, 0.29) is 0 Å². The molecule has 1 heterocycles. The Morgan fingerprint density at radius 1 is 0.750 bits per heavy atom. The minimum atomic E-state index is 0.771. The van der Waals surface area contributed by atoms with Gasteiger partial charge in [0.1, 0.15) is 23.1 Å². The molecule has 0 amide bonds. The standard InChI is InChI=1S/C20H16N2O2/c1-23-15-10-12-17(13-11-15)24-16-8-6-14(7-9-16)20-21-18-4-2-3-5-19(18)22-20/h2-13H,1H3,(H,21,22). The summed E-state index contributed by atoms with van der Waals surface area (Å²) < 4.78 is 11.0. The van der Waals surface area contributed by atoms with Crippen LogP contribution in [-0.4, -0.2) is 17.1 Å². The van der Waals surface area contributed by atoms with Gasteiger partial charge in [0.15, 0.2) is 0 Å². The predicted octanol–water partition coefficient (Wildman–Crippen LogP) is 5.03. The third-order valence-corrected chi connectivity index (χ3v) is 3.81. The van der Waals surface area contributed by atoms with Crippen molar-refractivity contribution < 1.29 is 9.47 Å². The van der Waals surface area contributed by atoms with E-state index in [0.717, 1.165) is 39.7 Å². The van der Waals surface area contributed by atoms with E-state index in [0.29, 0.717) is 0 Å². The van der Waals surface area contributed by atoms with Crippen molar-refractivity contribution in [1.82, 2.24) is 9.97 Å². The Morgan fingerprint density at radius 3 is 2.04 bits per heavy atom. The van der Waals surface area contributed by atoms with E-state index in [1.807, 2.05) is 72.8 Å². The fourth-order valence-corrected chi connectivity index (χ4v) is 2.55. The van der Waals surface area contributed by atoms with Gasteiger partial charge in [-0.2, -0.15) is 0 Å². The number of aromatic amines is 1. The first-order chi connectivity index (χ1) is 11.8. The maximum absolute atomic E-state index is 5.84. The molecule has 4 rings (SSSR count). The zero-order valence-electron chi connectivity index (χ0n) is 13.2. The van der Waals surface area contributed by atoms with Crippen molar-refractivity contribution >= 4 is 11.0 Å². The Hall–Kier alpha value is -3.27. The Labute approximate surface area is 139 Å². The van der Waals surface area contributed by atoms with Crippen LogP contribution in [0.25, 0.3) is 22.4 Å². The predicted molar refractivity (Wildman–Crippen MR) is 94.6 cm³/mol. The summed E-state index contributed by atoms with van der Waals surface area (Å²) in [5, 5.41) is 0. The second-order valence-electron chi connectivity index (χ2n) is 5.40. The summed E-state index contributed by atoms with van der Waals surface area (Å²) >= 11 is 0. The van der Waals surface area contributed by atoms with E-state index >= 15 is 0 Å². The highest BCUT2D eigenvalue weighted by Gasteiger charge is 2.05. The van der Waals surface area contributed by atoms with Gasteiger partial charge in [0.2, 0.25) is 0 Å². The maximum Gasteiger partial charge on any atom is 0.138 e. The molecule has 4 aromatic rings. The van der Waals surface area contributed by atoms with Gasteiger partial charge in [0, 0.05) is 5.56 Å². The van der Waals surface area contributed by atoms with E-state index in [1.54, 1.807) is 7.11 Å². The van der Waals surface area contributed by atoms with E-state index in [2.05, 4.69) is 9.97 Å². The molecular weight excluding hydrogens is 300 g/mol. The number of fused-ring (bicyclic) bond motifs is 1. The molecule has 0 fully saturated rings. The number of nitrogens with one attached hydrogen (secondary N) is 1. The van der Waals surface area contributed by atoms with Crippen molar-refractivity contribution in [3.05, 3.63) is 72.8 Å². The number of nitrogens with zero attached hydrogens (tertiary/aromatic N) is 1. The van der Waals surface area contributed by atoms with Crippen LogP contribution in [0.3, 0.4) is 0 Å². The monoisotopic (exact) mass is 316 g/mol. The second-order valence-corrected chi connectivity index (χ2v) is 5.40. The lowest BCUT2D eigenvalue weighted by Crippen LogP contribution is -1.86. The van der Waals surface area contributed by atoms with Crippen LogP contribution in [0.15, 0.2) is 72.8 Å². The molecule has 4 heteroatoms. The largest absolute Gasteiger partial charge is 0.497 e. The number of H-pyrrole nitrogens is 1. The van der Waals surface area contributed by atoms with Crippen molar-refractivity contribution in [2.24, 2.45) is 0 Å². The van der Waals surface area contributed by atoms with Gasteiger partial charge in [-0.25, -0.2) is 4.98 Å². The summed E-state index contributed by atoms with van der Waals surface area (Å²) in [5.41, 5.74) is 3.02. The number of benzene rings is 3. The smallest absolute Gasteiger partial charge is 0.138 e. The highest BCUT2D eigenvalue weighted by atomic mass is 16.5. The average Bonchev–Trinajstić information content (AvgIpc) is 3.07. The fraction of sp³-hybridized carbons (Fsp3) is 0.0500. The van der Waals surface area contributed by atoms with E-state index in [1.165, 1.54) is 0 Å². The average molecular weight is 316 g/mol. The Balaban J connectivity index is 1.55. The van der Waals surface area contributed by atoms with E-state index < -0.39 is 0 Å². The van der Waals surface area contributed by atoms with E-state index in [4.69, 9.17) is 9.47 Å². The lowest BCUT2D eigenvalue weighted by atomic mass is 10.2. The first kappa shape index (κ1) is 14.3. The quantitative estimate of drug-likeness (QED) is 0.574. The van der Waals surface area contributed by atoms with Crippen molar-refractivity contribution in [3.8, 4) is 28.6 Å². The summed E-state index contributed by atoms with van der Waals surface area (Å²) in [4.78, 5) is 7.93. The lowest BCUT2D eigenvalue weighted by Gasteiger charge is -2.07. The number of methoxy groups -OCH3 is 1. The van der Waals surface area contributed by atoms with Gasteiger partial charge in [0.05, 0.1) is 18.1 Å². The molecule has 0 saturated carbocycles. The van der Waals surface area contributed by atoms with Gasteiger partial charge in [-0.15, -0.1) is 0 Å². The molecule has 0 bridgehead atoms. The molecule has 1 N–H and O–H groups in total. The molecule has 4 nitrogen and oxygen atoms in total. The topological polar surface area (TPSA) is 47.1 Å². The van der Waals surface area contributed by atoms with Gasteiger partial charge in [-0.3, -0.25) is 0 Å². The summed E-state index contributed by atoms with van der Waals surface area (Å²) in [6.45, 7) is 0. The molecule has 0 atom stereocenters. The van der Waals surface area contributed by atoms with Gasteiger partial charge >= 0.3 is 0 Å². The molecule has 0 unspecified atom stereocenters. The molecule has 24 heavy (non-hydrogen) atoms. The van der Waals surface area contributed by atoms with Crippen LogP contribution in [-0.2, 0) is 0 Å². The van der Waals surface area contributed by atoms with Gasteiger partial charge in [-0.05, 0) is 60.7 Å². The number of para-hydroxylation sites is 2. The lowest BCUT2D eigenvalue weighted by molar-refractivity contribution is 0.413. The molecule has 0 saturated heterocycles. The summed E-state index contributed by atoms with van der Waals surface area (Å²) in [5.74, 6) is 3.21. The number of imidazole rings is 1. The highest BCUT2D eigenvalue weighted by Crippen LogP contribution is 2.27. The normalized spacial score (nSPS) is 10.7. The molecule has 118 valence electrons. The van der Waals surface area contributed by atoms with Crippen molar-refractivity contribution in [2.75, 3.05) is 7.11 Å². The number of hydrogen-bond acceptors (Lipinski definition) is 3. The van der Waals surface area contributed by atoms with Crippen LogP contribution >= 0.6 is 0 Å². The Kier molecular flexibility index (Phi) is 3.63.